The van der Waals surface area contributed by atoms with Crippen LogP contribution in [0, 0.1) is 29.1 Å². The number of phenols is 1. The van der Waals surface area contributed by atoms with Crippen LogP contribution in [0.15, 0.2) is 22.7 Å². The van der Waals surface area contributed by atoms with Gasteiger partial charge in [0.15, 0.2) is 28.4 Å². The summed E-state index contributed by atoms with van der Waals surface area (Å²) in [6.45, 7) is 1.46. The van der Waals surface area contributed by atoms with E-state index in [-0.39, 0.29) is 34.4 Å². The first kappa shape index (κ1) is 23.6. The lowest BCUT2D eigenvalue weighted by Crippen LogP contribution is -2.20. The molecule has 2 N–H and O–H groups in total. The molecule has 0 saturated heterocycles. The molecule has 0 aliphatic carbocycles. The van der Waals surface area contributed by atoms with Crippen molar-refractivity contribution in [2.75, 3.05) is 16.8 Å². The van der Waals surface area contributed by atoms with Crippen LogP contribution in [0.25, 0.3) is 11.3 Å². The molecule has 0 spiro atoms. The molecule has 2 aromatic carbocycles. The number of amides is 2. The van der Waals surface area contributed by atoms with Gasteiger partial charge in [-0.15, -0.1) is 0 Å². The summed E-state index contributed by atoms with van der Waals surface area (Å²) in [5.41, 5.74) is -2.26. The Hall–Kier alpha value is -3.06. The fourth-order valence-corrected chi connectivity index (χ4v) is 4.02. The van der Waals surface area contributed by atoms with E-state index in [9.17, 15) is 36.6 Å². The van der Waals surface area contributed by atoms with Crippen LogP contribution in [-0.2, 0) is 4.79 Å². The van der Waals surface area contributed by atoms with E-state index in [1.54, 1.807) is 0 Å². The van der Waals surface area contributed by atoms with E-state index < -0.39 is 46.3 Å². The highest BCUT2D eigenvalue weighted by atomic mass is 79.9. The number of phenolic OH excluding ortho intramolecular Hbond substituents is 1. The molecule has 0 fully saturated rings. The maximum absolute atomic E-state index is 14.4. The molecular weight excluding hydrogens is 525 g/mol. The van der Waals surface area contributed by atoms with Gasteiger partial charge in [-0.2, -0.15) is 0 Å². The zero-order chi connectivity index (χ0) is 23.7. The van der Waals surface area contributed by atoms with Gasteiger partial charge in [0.2, 0.25) is 12.2 Å². The monoisotopic (exact) mass is 535 g/mol. The minimum Gasteiger partial charge on any atom is -0.507 e. The summed E-state index contributed by atoms with van der Waals surface area (Å²) >= 11 is 3.70. The Bertz CT molecular complexity index is 1210. The minimum absolute atomic E-state index is 0.0338. The lowest BCUT2D eigenvalue weighted by Gasteiger charge is -2.14. The molecule has 2 amide bonds. The number of carbonyl (C=O) groups excluding carboxylic acids is 2. The summed E-state index contributed by atoms with van der Waals surface area (Å²) in [7, 11) is 0. The number of nitrogens with zero attached hydrogens (tertiary/aromatic N) is 2. The summed E-state index contributed by atoms with van der Waals surface area (Å²) in [4.78, 5) is 28.6. The van der Waals surface area contributed by atoms with Crippen molar-refractivity contribution in [2.45, 2.75) is 6.92 Å². The number of hydrogen-bond donors (Lipinski definition) is 2. The van der Waals surface area contributed by atoms with Crippen molar-refractivity contribution in [1.82, 2.24) is 4.98 Å². The maximum atomic E-state index is 14.4. The quantitative estimate of drug-likeness (QED) is 0.196. The van der Waals surface area contributed by atoms with E-state index in [4.69, 9.17) is 0 Å². The van der Waals surface area contributed by atoms with Gasteiger partial charge in [-0.25, -0.2) is 26.9 Å². The van der Waals surface area contributed by atoms with Gasteiger partial charge in [-0.05, 0) is 25.1 Å². The first-order chi connectivity index (χ1) is 15.1. The lowest BCUT2D eigenvalue weighted by molar-refractivity contribution is -0.107. The average Bonchev–Trinajstić information content (AvgIpc) is 3.16. The topological polar surface area (TPSA) is 82.5 Å². The van der Waals surface area contributed by atoms with Crippen molar-refractivity contribution in [3.63, 3.8) is 0 Å². The van der Waals surface area contributed by atoms with Crippen molar-refractivity contribution in [3.05, 3.63) is 57.3 Å². The first-order valence-corrected chi connectivity index (χ1v) is 10.3. The molecule has 3 rings (SSSR count). The zero-order valence-electron chi connectivity index (χ0n) is 15.9. The molecule has 13 heteroatoms. The normalized spacial score (nSPS) is 10.8. The van der Waals surface area contributed by atoms with Gasteiger partial charge in [0, 0.05) is 11.0 Å². The SMILES string of the molecule is CCN(C=O)c1sc(NC(=O)c2cc(Br)ccc2O)nc1-c1c(F)c(F)c(F)c(F)c1F. The van der Waals surface area contributed by atoms with E-state index in [0.717, 1.165) is 4.90 Å². The van der Waals surface area contributed by atoms with Gasteiger partial charge in [-0.3, -0.25) is 14.9 Å². The number of aromatic hydroxyl groups is 1. The van der Waals surface area contributed by atoms with E-state index >= 15 is 0 Å². The third kappa shape index (κ3) is 4.17. The summed E-state index contributed by atoms with van der Waals surface area (Å²) < 4.78 is 70.1. The van der Waals surface area contributed by atoms with Crippen molar-refractivity contribution in [3.8, 4) is 17.0 Å². The highest BCUT2D eigenvalue weighted by Crippen LogP contribution is 2.42. The summed E-state index contributed by atoms with van der Waals surface area (Å²) in [5, 5.41) is 11.6. The second-order valence-corrected chi connectivity index (χ2v) is 8.02. The number of anilines is 2. The van der Waals surface area contributed by atoms with E-state index in [0.29, 0.717) is 15.8 Å². The van der Waals surface area contributed by atoms with Crippen LogP contribution < -0.4 is 10.2 Å². The molecule has 3 aromatic rings. The number of hydrogen-bond acceptors (Lipinski definition) is 5. The Morgan fingerprint density at radius 2 is 1.75 bits per heavy atom. The van der Waals surface area contributed by atoms with Crippen LogP contribution in [0.1, 0.15) is 17.3 Å². The van der Waals surface area contributed by atoms with Crippen molar-refractivity contribution in [2.24, 2.45) is 0 Å². The van der Waals surface area contributed by atoms with Crippen molar-refractivity contribution < 1.29 is 36.6 Å². The lowest BCUT2D eigenvalue weighted by atomic mass is 10.1. The summed E-state index contributed by atoms with van der Waals surface area (Å²) in [5.74, 6) is -12.3. The standard InChI is InChI=1S/C19H11BrF5N3O3S/c1-2-28(6-29)18-16(10-11(21)13(23)15(25)14(24)12(10)22)26-19(32-18)27-17(31)8-5-7(20)3-4-9(8)30/h3-6,30H,2H2,1H3,(H,26,27,31). The van der Waals surface area contributed by atoms with E-state index in [2.05, 4.69) is 26.2 Å². The van der Waals surface area contributed by atoms with Crippen LogP contribution in [-0.4, -0.2) is 29.0 Å². The molecule has 1 heterocycles. The minimum atomic E-state index is -2.35. The summed E-state index contributed by atoms with van der Waals surface area (Å²) in [6.07, 6.45) is 0.273. The summed E-state index contributed by atoms with van der Waals surface area (Å²) in [6, 6.07) is 3.99. The molecule has 6 nitrogen and oxygen atoms in total. The largest absolute Gasteiger partial charge is 0.507 e. The predicted molar refractivity (Wildman–Crippen MR) is 110 cm³/mol. The molecule has 0 aliphatic rings. The van der Waals surface area contributed by atoms with Crippen LogP contribution in [0.4, 0.5) is 32.1 Å². The third-order valence-electron chi connectivity index (χ3n) is 4.21. The number of rotatable bonds is 6. The maximum Gasteiger partial charge on any atom is 0.261 e. The Morgan fingerprint density at radius 3 is 2.31 bits per heavy atom. The van der Waals surface area contributed by atoms with Gasteiger partial charge in [0.1, 0.15) is 16.4 Å². The van der Waals surface area contributed by atoms with Crippen LogP contribution in [0.5, 0.6) is 5.75 Å². The Balaban J connectivity index is 2.16. The smallest absolute Gasteiger partial charge is 0.261 e. The van der Waals surface area contributed by atoms with Gasteiger partial charge in [0.25, 0.3) is 5.91 Å². The number of benzene rings is 2. The molecule has 0 radical (unpaired) electrons. The van der Waals surface area contributed by atoms with Crippen LogP contribution in [0.2, 0.25) is 0 Å². The Kier molecular flexibility index (Phi) is 6.79. The fraction of sp³-hybridized carbons (Fsp3) is 0.105. The molecule has 1 aromatic heterocycles. The number of halogens is 6. The van der Waals surface area contributed by atoms with E-state index in [1.807, 2.05) is 0 Å². The Labute approximate surface area is 189 Å². The molecule has 0 saturated carbocycles. The first-order valence-electron chi connectivity index (χ1n) is 8.65. The van der Waals surface area contributed by atoms with Crippen LogP contribution >= 0.6 is 27.3 Å². The van der Waals surface area contributed by atoms with Gasteiger partial charge >= 0.3 is 0 Å². The average molecular weight is 536 g/mol. The molecule has 0 bridgehead atoms. The number of aromatic nitrogens is 1. The molecule has 0 atom stereocenters. The third-order valence-corrected chi connectivity index (χ3v) is 5.71. The second-order valence-electron chi connectivity index (χ2n) is 6.12. The van der Waals surface area contributed by atoms with Crippen LogP contribution in [0.3, 0.4) is 0 Å². The molecular formula is C19H11BrF5N3O3S. The van der Waals surface area contributed by atoms with Gasteiger partial charge < -0.3 is 10.0 Å². The van der Waals surface area contributed by atoms with Gasteiger partial charge in [0.05, 0.1) is 11.1 Å². The number of carbonyl (C=O) groups is 2. The fourth-order valence-electron chi connectivity index (χ4n) is 2.66. The molecule has 0 aliphatic heterocycles. The molecule has 0 unspecified atom stereocenters. The van der Waals surface area contributed by atoms with Crippen molar-refractivity contribution in [1.29, 1.82) is 0 Å². The zero-order valence-corrected chi connectivity index (χ0v) is 18.3. The Morgan fingerprint density at radius 1 is 1.16 bits per heavy atom. The van der Waals surface area contributed by atoms with E-state index in [1.165, 1.54) is 25.1 Å². The predicted octanol–water partition coefficient (Wildman–Crippen LogP) is 5.21. The number of nitrogens with one attached hydrogen (secondary N) is 1. The number of thiazole rings is 1. The molecule has 32 heavy (non-hydrogen) atoms. The van der Waals surface area contributed by atoms with Crippen molar-refractivity contribution >= 4 is 49.7 Å². The highest BCUT2D eigenvalue weighted by Gasteiger charge is 2.31. The second kappa shape index (κ2) is 9.20. The highest BCUT2D eigenvalue weighted by molar-refractivity contribution is 9.10. The molecule has 168 valence electrons. The van der Waals surface area contributed by atoms with Gasteiger partial charge in [-0.1, -0.05) is 27.3 Å².